The number of rotatable bonds is 9. The molecule has 0 saturated heterocycles. The molecule has 0 atom stereocenters. The van der Waals surface area contributed by atoms with Crippen LogP contribution in [0.15, 0.2) is 57.7 Å². The molecule has 28 heavy (non-hydrogen) atoms. The smallest absolute Gasteiger partial charge is 0.419 e. The molecule has 1 aromatic heterocycles. The first kappa shape index (κ1) is 19.8. The third kappa shape index (κ3) is 5.07. The molecule has 148 valence electrons. The number of aromatic nitrogens is 1. The lowest BCUT2D eigenvalue weighted by Crippen LogP contribution is -2.32. The summed E-state index contributed by atoms with van der Waals surface area (Å²) in [5.41, 5.74) is 2.21. The largest absolute Gasteiger partial charge is 0.465 e. The van der Waals surface area contributed by atoms with E-state index in [2.05, 4.69) is 0 Å². The fraction of sp³-hybridized carbons (Fsp3) is 0.333. The maximum Gasteiger partial charge on any atom is 0.419 e. The number of benzene rings is 2. The number of carbonyl (C=O) groups is 1. The summed E-state index contributed by atoms with van der Waals surface area (Å²) >= 11 is 0. The van der Waals surface area contributed by atoms with Crippen LogP contribution in [0, 0.1) is 5.82 Å². The molecule has 0 saturated carbocycles. The van der Waals surface area contributed by atoms with Crippen LogP contribution in [-0.4, -0.2) is 35.1 Å². The van der Waals surface area contributed by atoms with Crippen LogP contribution in [0.5, 0.6) is 0 Å². The van der Waals surface area contributed by atoms with Gasteiger partial charge in [0.25, 0.3) is 0 Å². The zero-order chi connectivity index (χ0) is 19.9. The van der Waals surface area contributed by atoms with E-state index in [0.29, 0.717) is 38.2 Å². The van der Waals surface area contributed by atoms with Gasteiger partial charge in [-0.25, -0.2) is 9.18 Å². The van der Waals surface area contributed by atoms with Gasteiger partial charge >= 0.3 is 11.7 Å². The molecule has 0 fully saturated rings. The average Bonchev–Trinajstić information content (AvgIpc) is 2.99. The highest BCUT2D eigenvalue weighted by Gasteiger charge is 2.14. The molecule has 0 aliphatic rings. The maximum atomic E-state index is 13.1. The Bertz CT molecular complexity index is 978. The van der Waals surface area contributed by atoms with Crippen molar-refractivity contribution in [3.63, 3.8) is 0 Å². The van der Waals surface area contributed by atoms with Gasteiger partial charge in [0.1, 0.15) is 5.82 Å². The van der Waals surface area contributed by atoms with Gasteiger partial charge in [-0.15, -0.1) is 0 Å². The highest BCUT2D eigenvalue weighted by atomic mass is 19.1. The van der Waals surface area contributed by atoms with E-state index in [1.165, 1.54) is 12.1 Å². The summed E-state index contributed by atoms with van der Waals surface area (Å²) in [6.07, 6.45) is 0.643. The molecule has 0 spiro atoms. The molecule has 3 rings (SSSR count). The fourth-order valence-corrected chi connectivity index (χ4v) is 3.13. The summed E-state index contributed by atoms with van der Waals surface area (Å²) in [4.78, 5) is 25.9. The Kier molecular flexibility index (Phi) is 6.60. The minimum Gasteiger partial charge on any atom is -0.465 e. The Labute approximate surface area is 162 Å². The fourth-order valence-electron chi connectivity index (χ4n) is 3.13. The number of aryl methyl sites for hydroxylation is 1. The van der Waals surface area contributed by atoms with Gasteiger partial charge in [0.15, 0.2) is 5.58 Å². The van der Waals surface area contributed by atoms with E-state index in [9.17, 15) is 14.0 Å². The number of hydrogen-bond acceptors (Lipinski definition) is 5. The van der Waals surface area contributed by atoms with Gasteiger partial charge in [0.2, 0.25) is 0 Å². The second kappa shape index (κ2) is 9.32. The van der Waals surface area contributed by atoms with Gasteiger partial charge in [0.05, 0.1) is 18.7 Å². The first-order valence-electron chi connectivity index (χ1n) is 9.27. The van der Waals surface area contributed by atoms with Crippen LogP contribution in [-0.2, 0) is 22.6 Å². The topological polar surface area (TPSA) is 64.7 Å². The Hall–Kier alpha value is -2.93. The maximum absolute atomic E-state index is 13.1. The summed E-state index contributed by atoms with van der Waals surface area (Å²) in [6.45, 7) is 3.74. The van der Waals surface area contributed by atoms with Crippen LogP contribution in [0.2, 0.25) is 0 Å². The van der Waals surface area contributed by atoms with Crippen molar-refractivity contribution in [3.8, 4) is 0 Å². The number of carbonyl (C=O) groups excluding carboxylic acids is 1. The molecule has 0 radical (unpaired) electrons. The van der Waals surface area contributed by atoms with Crippen molar-refractivity contribution in [2.24, 2.45) is 0 Å². The number of ether oxygens (including phenoxy) is 1. The number of halogens is 1. The Balaban J connectivity index is 1.66. The predicted molar refractivity (Wildman–Crippen MR) is 103 cm³/mol. The summed E-state index contributed by atoms with van der Waals surface area (Å²) in [7, 11) is 0. The van der Waals surface area contributed by atoms with Gasteiger partial charge in [-0.2, -0.15) is 0 Å². The molecule has 1 heterocycles. The van der Waals surface area contributed by atoms with Crippen molar-refractivity contribution in [3.05, 3.63) is 70.5 Å². The zero-order valence-corrected chi connectivity index (χ0v) is 15.8. The van der Waals surface area contributed by atoms with E-state index in [4.69, 9.17) is 9.15 Å². The molecule has 0 aliphatic carbocycles. The van der Waals surface area contributed by atoms with Gasteiger partial charge in [-0.1, -0.05) is 24.3 Å². The molecule has 2 aromatic carbocycles. The van der Waals surface area contributed by atoms with Crippen molar-refractivity contribution in [2.45, 2.75) is 26.4 Å². The number of oxazole rings is 1. The van der Waals surface area contributed by atoms with Crippen LogP contribution < -0.4 is 5.76 Å². The van der Waals surface area contributed by atoms with Crippen LogP contribution in [0.1, 0.15) is 18.9 Å². The lowest BCUT2D eigenvalue weighted by Gasteiger charge is -2.21. The summed E-state index contributed by atoms with van der Waals surface area (Å²) < 4.78 is 25.0. The third-order valence-electron chi connectivity index (χ3n) is 4.41. The second-order valence-corrected chi connectivity index (χ2v) is 6.48. The number of para-hydroxylation sites is 2. The van der Waals surface area contributed by atoms with E-state index in [-0.39, 0.29) is 18.3 Å². The van der Waals surface area contributed by atoms with Crippen LogP contribution in [0.25, 0.3) is 11.1 Å². The average molecular weight is 386 g/mol. The molecule has 0 amide bonds. The lowest BCUT2D eigenvalue weighted by molar-refractivity contribution is -0.144. The Morgan fingerprint density at radius 3 is 2.68 bits per heavy atom. The monoisotopic (exact) mass is 386 g/mol. The van der Waals surface area contributed by atoms with E-state index in [1.807, 2.05) is 23.1 Å². The molecule has 0 aliphatic heterocycles. The van der Waals surface area contributed by atoms with Gasteiger partial charge in [-0.05, 0) is 43.2 Å². The quantitative estimate of drug-likeness (QED) is 0.529. The van der Waals surface area contributed by atoms with Crippen molar-refractivity contribution < 1.29 is 18.3 Å². The number of esters is 1. The van der Waals surface area contributed by atoms with Crippen LogP contribution >= 0.6 is 0 Å². The van der Waals surface area contributed by atoms with E-state index in [0.717, 1.165) is 11.1 Å². The summed E-state index contributed by atoms with van der Waals surface area (Å²) in [5, 5.41) is 0. The first-order chi connectivity index (χ1) is 13.6. The minimum atomic E-state index is -0.392. The molecule has 6 nitrogen and oxygen atoms in total. The zero-order valence-electron chi connectivity index (χ0n) is 15.8. The summed E-state index contributed by atoms with van der Waals surface area (Å²) in [5.74, 6) is -1.00. The molecule has 0 N–H and O–H groups in total. The van der Waals surface area contributed by atoms with Crippen molar-refractivity contribution in [1.82, 2.24) is 9.47 Å². The standard InChI is InChI=1S/C21H23FN2O4/c1-2-27-20(25)15-23(14-16-8-10-17(22)11-9-16)12-5-13-24-18-6-3-4-7-19(18)28-21(24)26/h3-4,6-11H,2,5,12-15H2,1H3. The van der Waals surface area contributed by atoms with Crippen molar-refractivity contribution >= 4 is 17.1 Å². The number of nitrogens with zero attached hydrogens (tertiary/aromatic N) is 2. The van der Waals surface area contributed by atoms with Gasteiger partial charge < -0.3 is 9.15 Å². The van der Waals surface area contributed by atoms with Crippen LogP contribution in [0.3, 0.4) is 0 Å². The van der Waals surface area contributed by atoms with Gasteiger partial charge in [-0.3, -0.25) is 14.3 Å². The highest BCUT2D eigenvalue weighted by Crippen LogP contribution is 2.13. The number of hydrogen-bond donors (Lipinski definition) is 0. The molecular weight excluding hydrogens is 363 g/mol. The van der Waals surface area contributed by atoms with E-state index >= 15 is 0 Å². The normalized spacial score (nSPS) is 11.2. The molecule has 0 unspecified atom stereocenters. The highest BCUT2D eigenvalue weighted by molar-refractivity contribution is 5.72. The molecular formula is C21H23FN2O4. The second-order valence-electron chi connectivity index (χ2n) is 6.48. The number of fused-ring (bicyclic) bond motifs is 1. The van der Waals surface area contributed by atoms with Crippen molar-refractivity contribution in [1.29, 1.82) is 0 Å². The van der Waals surface area contributed by atoms with E-state index in [1.54, 1.807) is 29.7 Å². The third-order valence-corrected chi connectivity index (χ3v) is 4.41. The SMILES string of the molecule is CCOC(=O)CN(CCCn1c(=O)oc2ccccc21)Cc1ccc(F)cc1. The lowest BCUT2D eigenvalue weighted by atomic mass is 10.2. The van der Waals surface area contributed by atoms with Crippen molar-refractivity contribution in [2.75, 3.05) is 19.7 Å². The summed E-state index contributed by atoms with van der Waals surface area (Å²) in [6, 6.07) is 13.5. The predicted octanol–water partition coefficient (Wildman–Crippen LogP) is 3.19. The first-order valence-corrected chi connectivity index (χ1v) is 9.27. The van der Waals surface area contributed by atoms with Gasteiger partial charge in [0, 0.05) is 19.6 Å². The Morgan fingerprint density at radius 1 is 1.18 bits per heavy atom. The minimum absolute atomic E-state index is 0.131. The molecule has 3 aromatic rings. The van der Waals surface area contributed by atoms with E-state index < -0.39 is 5.76 Å². The molecule has 0 bridgehead atoms. The van der Waals surface area contributed by atoms with Crippen LogP contribution in [0.4, 0.5) is 4.39 Å². The Morgan fingerprint density at radius 2 is 1.93 bits per heavy atom. The molecule has 7 heteroatoms.